The molecule has 0 amide bonds. The quantitative estimate of drug-likeness (QED) is 0.800. The third-order valence-electron chi connectivity index (χ3n) is 5.07. The van der Waals surface area contributed by atoms with Gasteiger partial charge in [-0.15, -0.1) is 0 Å². The van der Waals surface area contributed by atoms with E-state index < -0.39 is 17.0 Å². The van der Waals surface area contributed by atoms with Crippen LogP contribution in [0, 0.1) is 24.5 Å². The summed E-state index contributed by atoms with van der Waals surface area (Å²) in [6, 6.07) is 9.89. The van der Waals surface area contributed by atoms with Gasteiger partial charge in [0.15, 0.2) is 11.6 Å². The summed E-state index contributed by atoms with van der Waals surface area (Å²) in [5, 5.41) is 10.5. The highest BCUT2D eigenvalue weighted by atomic mass is 35.5. The van der Waals surface area contributed by atoms with Gasteiger partial charge >= 0.3 is 0 Å². The van der Waals surface area contributed by atoms with Gasteiger partial charge in [-0.1, -0.05) is 29.3 Å². The van der Waals surface area contributed by atoms with E-state index in [1.807, 2.05) is 31.2 Å². The summed E-state index contributed by atoms with van der Waals surface area (Å²) in [5.74, 6) is -1.29. The zero-order valence-corrected chi connectivity index (χ0v) is 15.2. The standard InChI is InChI=1S/C13H14F2O3.C7H7Cl/c14-9-1-2-10(15)12-11(9)13(7-16)3-4-17-5-8(13)6-18-12;1-6-2-4-7(8)5-3-6/h1-2,8,16H,3-7H2;2-5H,1H3. The van der Waals surface area contributed by atoms with Gasteiger partial charge in [-0.25, -0.2) is 8.78 Å². The number of benzene rings is 2. The van der Waals surface area contributed by atoms with E-state index in [2.05, 4.69) is 0 Å². The number of ether oxygens (including phenoxy) is 2. The maximum Gasteiger partial charge on any atom is 0.165 e. The smallest absolute Gasteiger partial charge is 0.165 e. The van der Waals surface area contributed by atoms with Gasteiger partial charge in [0.25, 0.3) is 0 Å². The maximum absolute atomic E-state index is 14.1. The van der Waals surface area contributed by atoms with Crippen LogP contribution in [0.15, 0.2) is 36.4 Å². The first-order valence-electron chi connectivity index (χ1n) is 8.50. The van der Waals surface area contributed by atoms with E-state index in [0.29, 0.717) is 19.6 Å². The second-order valence-corrected chi connectivity index (χ2v) is 7.11. The first kappa shape index (κ1) is 19.1. The normalized spacial score (nSPS) is 23.8. The lowest BCUT2D eigenvalue weighted by Crippen LogP contribution is -2.51. The zero-order valence-electron chi connectivity index (χ0n) is 14.5. The largest absolute Gasteiger partial charge is 0.490 e. The molecule has 0 spiro atoms. The number of rotatable bonds is 1. The highest BCUT2D eigenvalue weighted by Crippen LogP contribution is 2.48. The van der Waals surface area contributed by atoms with Gasteiger partial charge in [-0.2, -0.15) is 0 Å². The van der Waals surface area contributed by atoms with E-state index in [0.717, 1.165) is 17.2 Å². The molecule has 0 aromatic heterocycles. The van der Waals surface area contributed by atoms with Crippen LogP contribution in [-0.2, 0) is 10.2 Å². The van der Waals surface area contributed by atoms with Gasteiger partial charge in [0.1, 0.15) is 5.82 Å². The van der Waals surface area contributed by atoms with Crippen LogP contribution < -0.4 is 4.74 Å². The molecule has 140 valence electrons. The van der Waals surface area contributed by atoms with Crippen molar-refractivity contribution in [2.75, 3.05) is 26.4 Å². The number of hydrogen-bond donors (Lipinski definition) is 1. The Morgan fingerprint density at radius 1 is 1.12 bits per heavy atom. The molecule has 3 nitrogen and oxygen atoms in total. The summed E-state index contributed by atoms with van der Waals surface area (Å²) in [5.41, 5.74) is 0.636. The molecule has 0 saturated carbocycles. The molecule has 2 heterocycles. The van der Waals surface area contributed by atoms with Crippen LogP contribution >= 0.6 is 11.6 Å². The number of halogens is 3. The molecule has 2 aliphatic heterocycles. The fourth-order valence-corrected chi connectivity index (χ4v) is 3.65. The summed E-state index contributed by atoms with van der Waals surface area (Å²) in [7, 11) is 0. The van der Waals surface area contributed by atoms with E-state index in [9.17, 15) is 13.9 Å². The van der Waals surface area contributed by atoms with Crippen LogP contribution in [-0.4, -0.2) is 31.5 Å². The predicted octanol–water partition coefficient (Wildman–Crippen LogP) is 4.27. The molecule has 0 bridgehead atoms. The van der Waals surface area contributed by atoms with Crippen LogP contribution in [0.5, 0.6) is 5.75 Å². The predicted molar refractivity (Wildman–Crippen MR) is 95.7 cm³/mol. The van der Waals surface area contributed by atoms with Gasteiger partial charge in [0.05, 0.1) is 19.8 Å². The summed E-state index contributed by atoms with van der Waals surface area (Å²) in [4.78, 5) is 0. The van der Waals surface area contributed by atoms with Gasteiger partial charge in [0, 0.05) is 28.5 Å². The van der Waals surface area contributed by atoms with Gasteiger partial charge in [-0.05, 0) is 37.6 Å². The van der Waals surface area contributed by atoms with Crippen molar-refractivity contribution in [2.45, 2.75) is 18.8 Å². The van der Waals surface area contributed by atoms with E-state index >= 15 is 0 Å². The number of aryl methyl sites for hydroxylation is 1. The van der Waals surface area contributed by atoms with Crippen molar-refractivity contribution in [1.29, 1.82) is 0 Å². The lowest BCUT2D eigenvalue weighted by molar-refractivity contribution is -0.0553. The molecule has 1 fully saturated rings. The Morgan fingerprint density at radius 2 is 1.81 bits per heavy atom. The minimum absolute atomic E-state index is 0.0535. The van der Waals surface area contributed by atoms with E-state index in [4.69, 9.17) is 21.1 Å². The van der Waals surface area contributed by atoms with Crippen molar-refractivity contribution >= 4 is 11.6 Å². The Hall–Kier alpha value is -1.69. The van der Waals surface area contributed by atoms with Crippen LogP contribution in [0.25, 0.3) is 0 Å². The van der Waals surface area contributed by atoms with Crippen LogP contribution in [0.4, 0.5) is 8.78 Å². The summed E-state index contributed by atoms with van der Waals surface area (Å²) in [6.45, 7) is 2.89. The van der Waals surface area contributed by atoms with Crippen molar-refractivity contribution in [2.24, 2.45) is 5.92 Å². The maximum atomic E-state index is 14.1. The zero-order chi connectivity index (χ0) is 18.7. The van der Waals surface area contributed by atoms with Crippen molar-refractivity contribution in [3.8, 4) is 5.75 Å². The topological polar surface area (TPSA) is 38.7 Å². The van der Waals surface area contributed by atoms with Gasteiger partial charge in [0.2, 0.25) is 0 Å². The van der Waals surface area contributed by atoms with Crippen molar-refractivity contribution < 1.29 is 23.4 Å². The molecule has 1 saturated heterocycles. The Kier molecular flexibility index (Phi) is 5.80. The summed E-state index contributed by atoms with van der Waals surface area (Å²) < 4.78 is 38.4. The first-order valence-corrected chi connectivity index (χ1v) is 8.88. The lowest BCUT2D eigenvalue weighted by atomic mass is 9.66. The number of fused-ring (bicyclic) bond motifs is 3. The molecule has 26 heavy (non-hydrogen) atoms. The van der Waals surface area contributed by atoms with E-state index in [1.54, 1.807) is 0 Å². The molecule has 2 aromatic carbocycles. The molecule has 0 radical (unpaired) electrons. The fraction of sp³-hybridized carbons (Fsp3) is 0.400. The van der Waals surface area contributed by atoms with Crippen molar-refractivity contribution in [3.63, 3.8) is 0 Å². The molecular weight excluding hydrogens is 362 g/mol. The number of aliphatic hydroxyl groups excluding tert-OH is 1. The SMILES string of the molecule is Cc1ccc(Cl)cc1.OCC12CCOCC1COc1c(F)ccc(F)c12. The third-order valence-corrected chi connectivity index (χ3v) is 5.32. The minimum atomic E-state index is -0.780. The fourth-order valence-electron chi connectivity index (χ4n) is 3.52. The monoisotopic (exact) mass is 382 g/mol. The molecule has 2 atom stereocenters. The molecule has 0 aliphatic carbocycles. The van der Waals surface area contributed by atoms with E-state index in [1.165, 1.54) is 5.56 Å². The average molecular weight is 383 g/mol. The molecule has 6 heteroatoms. The second kappa shape index (κ2) is 7.91. The number of hydrogen-bond acceptors (Lipinski definition) is 3. The molecule has 2 aromatic rings. The molecule has 2 unspecified atom stereocenters. The Morgan fingerprint density at radius 3 is 2.46 bits per heavy atom. The van der Waals surface area contributed by atoms with Crippen LogP contribution in [0.3, 0.4) is 0 Å². The molecule has 2 aliphatic rings. The van der Waals surface area contributed by atoms with Gasteiger partial charge in [-0.3, -0.25) is 0 Å². The Balaban J connectivity index is 0.000000206. The lowest BCUT2D eigenvalue weighted by Gasteiger charge is -2.46. The van der Waals surface area contributed by atoms with E-state index in [-0.39, 0.29) is 30.4 Å². The molecule has 1 N–H and O–H groups in total. The van der Waals surface area contributed by atoms with Crippen molar-refractivity contribution in [3.05, 3.63) is 64.2 Å². The summed E-state index contributed by atoms with van der Waals surface area (Å²) >= 11 is 5.61. The van der Waals surface area contributed by atoms with Crippen molar-refractivity contribution in [1.82, 2.24) is 0 Å². The van der Waals surface area contributed by atoms with Crippen LogP contribution in [0.2, 0.25) is 5.02 Å². The van der Waals surface area contributed by atoms with Gasteiger partial charge < -0.3 is 14.6 Å². The highest BCUT2D eigenvalue weighted by molar-refractivity contribution is 6.30. The van der Waals surface area contributed by atoms with Crippen LogP contribution in [0.1, 0.15) is 17.5 Å². The first-order chi connectivity index (χ1) is 12.5. The third kappa shape index (κ3) is 3.56. The number of aliphatic hydroxyl groups is 1. The second-order valence-electron chi connectivity index (χ2n) is 6.68. The molecule has 4 rings (SSSR count). The Labute approximate surface area is 156 Å². The highest BCUT2D eigenvalue weighted by Gasteiger charge is 2.49. The minimum Gasteiger partial charge on any atom is -0.490 e. The Bertz CT molecular complexity index is 745. The average Bonchev–Trinajstić information content (AvgIpc) is 2.67. The summed E-state index contributed by atoms with van der Waals surface area (Å²) in [6.07, 6.45) is 0.477. The molecular formula is C20H21ClF2O3.